The molecule has 1 saturated heterocycles. The zero-order valence-electron chi connectivity index (χ0n) is 12.0. The van der Waals surface area contributed by atoms with Crippen LogP contribution in [0, 0.1) is 13.8 Å². The average molecular weight is 247 g/mol. The van der Waals surface area contributed by atoms with Gasteiger partial charge in [0.15, 0.2) is 0 Å². The Kier molecular flexibility index (Phi) is 3.79. The lowest BCUT2D eigenvalue weighted by Crippen LogP contribution is -2.45. The molecule has 1 aromatic rings. The Bertz CT molecular complexity index is 417. The van der Waals surface area contributed by atoms with Crippen molar-refractivity contribution >= 4 is 0 Å². The molecule has 2 heteroatoms. The van der Waals surface area contributed by atoms with Gasteiger partial charge in [-0.05, 0) is 51.7 Å². The number of rotatable bonds is 2. The van der Waals surface area contributed by atoms with E-state index in [2.05, 4.69) is 50.8 Å². The van der Waals surface area contributed by atoms with Crippen LogP contribution in [0.25, 0.3) is 0 Å². The van der Waals surface area contributed by atoms with Gasteiger partial charge >= 0.3 is 0 Å². The fourth-order valence-corrected chi connectivity index (χ4v) is 2.92. The first-order chi connectivity index (χ1) is 8.42. The van der Waals surface area contributed by atoms with Gasteiger partial charge in [-0.25, -0.2) is 0 Å². The van der Waals surface area contributed by atoms with Gasteiger partial charge in [-0.1, -0.05) is 23.8 Å². The van der Waals surface area contributed by atoms with Crippen LogP contribution in [-0.2, 0) is 5.60 Å². The van der Waals surface area contributed by atoms with Crippen molar-refractivity contribution in [2.75, 3.05) is 13.1 Å². The Morgan fingerprint density at radius 1 is 1.17 bits per heavy atom. The van der Waals surface area contributed by atoms with Gasteiger partial charge in [-0.2, -0.15) is 0 Å². The Labute approximate surface area is 111 Å². The number of benzene rings is 1. The Morgan fingerprint density at radius 3 is 2.33 bits per heavy atom. The van der Waals surface area contributed by atoms with Gasteiger partial charge in [-0.15, -0.1) is 0 Å². The van der Waals surface area contributed by atoms with Crippen LogP contribution in [0.1, 0.15) is 43.4 Å². The van der Waals surface area contributed by atoms with Gasteiger partial charge in [0, 0.05) is 19.1 Å². The van der Waals surface area contributed by atoms with E-state index in [0.717, 1.165) is 31.5 Å². The maximum atomic E-state index is 10.9. The van der Waals surface area contributed by atoms with E-state index in [1.165, 1.54) is 11.1 Å². The Balaban J connectivity index is 2.20. The lowest BCUT2D eigenvalue weighted by Gasteiger charge is -2.41. The second kappa shape index (κ2) is 5.02. The summed E-state index contributed by atoms with van der Waals surface area (Å²) in [5, 5.41) is 10.9. The predicted octanol–water partition coefficient (Wildman–Crippen LogP) is 3.00. The minimum atomic E-state index is -0.624. The van der Waals surface area contributed by atoms with Crippen LogP contribution in [-0.4, -0.2) is 29.1 Å². The molecule has 0 spiro atoms. The van der Waals surface area contributed by atoms with Crippen molar-refractivity contribution in [3.63, 3.8) is 0 Å². The zero-order chi connectivity index (χ0) is 13.3. The number of nitrogens with zero attached hydrogens (tertiary/aromatic N) is 1. The third kappa shape index (κ3) is 2.60. The fourth-order valence-electron chi connectivity index (χ4n) is 2.92. The van der Waals surface area contributed by atoms with E-state index >= 15 is 0 Å². The minimum Gasteiger partial charge on any atom is -0.385 e. The van der Waals surface area contributed by atoms with Crippen LogP contribution in [0.4, 0.5) is 0 Å². The van der Waals surface area contributed by atoms with E-state index in [1.54, 1.807) is 0 Å². The van der Waals surface area contributed by atoms with Crippen molar-refractivity contribution in [3.8, 4) is 0 Å². The maximum Gasteiger partial charge on any atom is 0.0923 e. The Hall–Kier alpha value is -0.860. The van der Waals surface area contributed by atoms with Crippen LogP contribution in [0.15, 0.2) is 18.2 Å². The molecular weight excluding hydrogens is 222 g/mol. The van der Waals surface area contributed by atoms with Gasteiger partial charge < -0.3 is 10.0 Å². The van der Waals surface area contributed by atoms with Crippen molar-refractivity contribution in [3.05, 3.63) is 34.9 Å². The second-order valence-electron chi connectivity index (χ2n) is 5.98. The molecule has 1 aliphatic rings. The molecule has 2 nitrogen and oxygen atoms in total. The summed E-state index contributed by atoms with van der Waals surface area (Å²) in [5.41, 5.74) is 2.95. The lowest BCUT2D eigenvalue weighted by molar-refractivity contribution is -0.0328. The van der Waals surface area contributed by atoms with Crippen molar-refractivity contribution < 1.29 is 5.11 Å². The number of likely N-dealkylation sites (tertiary alicyclic amines) is 1. The molecule has 1 heterocycles. The highest BCUT2D eigenvalue weighted by molar-refractivity contribution is 5.35. The van der Waals surface area contributed by atoms with Crippen LogP contribution >= 0.6 is 0 Å². The lowest BCUT2D eigenvalue weighted by atomic mass is 9.81. The molecule has 0 unspecified atom stereocenters. The highest BCUT2D eigenvalue weighted by Crippen LogP contribution is 2.35. The van der Waals surface area contributed by atoms with E-state index in [9.17, 15) is 5.11 Å². The number of hydrogen-bond donors (Lipinski definition) is 1. The number of hydrogen-bond acceptors (Lipinski definition) is 2. The molecule has 0 radical (unpaired) electrons. The molecular formula is C16H25NO. The largest absolute Gasteiger partial charge is 0.385 e. The molecule has 1 fully saturated rings. The van der Waals surface area contributed by atoms with Crippen molar-refractivity contribution in [2.45, 2.75) is 52.2 Å². The molecule has 100 valence electrons. The second-order valence-corrected chi connectivity index (χ2v) is 5.98. The van der Waals surface area contributed by atoms with Gasteiger partial charge in [0.05, 0.1) is 5.60 Å². The molecule has 0 amide bonds. The zero-order valence-corrected chi connectivity index (χ0v) is 12.0. The van der Waals surface area contributed by atoms with E-state index < -0.39 is 5.60 Å². The predicted molar refractivity (Wildman–Crippen MR) is 75.8 cm³/mol. The van der Waals surface area contributed by atoms with E-state index in [1.807, 2.05) is 0 Å². The normalized spacial score (nSPS) is 20.3. The third-order valence-electron chi connectivity index (χ3n) is 4.25. The van der Waals surface area contributed by atoms with Crippen molar-refractivity contribution in [1.82, 2.24) is 4.90 Å². The molecule has 0 saturated carbocycles. The summed E-state index contributed by atoms with van der Waals surface area (Å²) in [6.45, 7) is 10.6. The van der Waals surface area contributed by atoms with Gasteiger partial charge in [0.1, 0.15) is 0 Å². The van der Waals surface area contributed by atoms with Crippen molar-refractivity contribution in [2.24, 2.45) is 0 Å². The first-order valence-corrected chi connectivity index (χ1v) is 6.96. The molecule has 1 N–H and O–H groups in total. The van der Waals surface area contributed by atoms with Gasteiger partial charge in [-0.3, -0.25) is 0 Å². The first-order valence-electron chi connectivity index (χ1n) is 6.96. The summed E-state index contributed by atoms with van der Waals surface area (Å²) < 4.78 is 0. The quantitative estimate of drug-likeness (QED) is 0.868. The SMILES string of the molecule is Cc1ccc(C)c(C2(O)CCN(C(C)C)CC2)c1. The monoisotopic (exact) mass is 247 g/mol. The minimum absolute atomic E-state index is 0.577. The van der Waals surface area contributed by atoms with E-state index in [0.29, 0.717) is 6.04 Å². The summed E-state index contributed by atoms with van der Waals surface area (Å²) in [5.74, 6) is 0. The Morgan fingerprint density at radius 2 is 1.78 bits per heavy atom. The maximum absolute atomic E-state index is 10.9. The summed E-state index contributed by atoms with van der Waals surface area (Å²) in [6, 6.07) is 6.97. The summed E-state index contributed by atoms with van der Waals surface area (Å²) in [4.78, 5) is 2.44. The van der Waals surface area contributed by atoms with E-state index in [-0.39, 0.29) is 0 Å². The number of aliphatic hydroxyl groups is 1. The molecule has 0 bridgehead atoms. The molecule has 1 aromatic carbocycles. The third-order valence-corrected chi connectivity index (χ3v) is 4.25. The van der Waals surface area contributed by atoms with Crippen LogP contribution < -0.4 is 0 Å². The number of aryl methyl sites for hydroxylation is 2. The molecule has 0 aliphatic carbocycles. The topological polar surface area (TPSA) is 23.5 Å². The molecule has 0 atom stereocenters. The molecule has 18 heavy (non-hydrogen) atoms. The molecule has 1 aliphatic heterocycles. The molecule has 2 rings (SSSR count). The van der Waals surface area contributed by atoms with Crippen LogP contribution in [0.3, 0.4) is 0 Å². The van der Waals surface area contributed by atoms with Crippen LogP contribution in [0.2, 0.25) is 0 Å². The first kappa shape index (κ1) is 13.6. The smallest absolute Gasteiger partial charge is 0.0923 e. The summed E-state index contributed by atoms with van der Waals surface area (Å²) in [6.07, 6.45) is 1.69. The highest BCUT2D eigenvalue weighted by Gasteiger charge is 2.35. The average Bonchev–Trinajstić information content (AvgIpc) is 2.32. The number of piperidine rings is 1. The van der Waals surface area contributed by atoms with E-state index in [4.69, 9.17) is 0 Å². The van der Waals surface area contributed by atoms with Crippen molar-refractivity contribution in [1.29, 1.82) is 0 Å². The highest BCUT2D eigenvalue weighted by atomic mass is 16.3. The van der Waals surface area contributed by atoms with Gasteiger partial charge in [0.2, 0.25) is 0 Å². The summed E-state index contributed by atoms with van der Waals surface area (Å²) >= 11 is 0. The standard InChI is InChI=1S/C16H25NO/c1-12(2)17-9-7-16(18,8-10-17)15-11-13(3)5-6-14(15)4/h5-6,11-12,18H,7-10H2,1-4H3. The molecule has 0 aromatic heterocycles. The fraction of sp³-hybridized carbons (Fsp3) is 0.625. The van der Waals surface area contributed by atoms with Gasteiger partial charge in [0.25, 0.3) is 0 Å². The van der Waals surface area contributed by atoms with Crippen LogP contribution in [0.5, 0.6) is 0 Å². The summed E-state index contributed by atoms with van der Waals surface area (Å²) in [7, 11) is 0.